The predicted molar refractivity (Wildman–Crippen MR) is 62.4 cm³/mol. The van der Waals surface area contributed by atoms with Crippen LogP contribution in [0.25, 0.3) is 0 Å². The highest BCUT2D eigenvalue weighted by molar-refractivity contribution is 7.07. The average molecular weight is 237 g/mol. The van der Waals surface area contributed by atoms with Gasteiger partial charge in [0.25, 0.3) is 0 Å². The van der Waals surface area contributed by atoms with Gasteiger partial charge in [-0.1, -0.05) is 0 Å². The Morgan fingerprint density at radius 3 is 3.00 bits per heavy atom. The summed E-state index contributed by atoms with van der Waals surface area (Å²) in [5.74, 6) is 0.927. The molecule has 2 heterocycles. The van der Waals surface area contributed by atoms with Gasteiger partial charge in [-0.15, -0.1) is 11.3 Å². The Labute approximate surface area is 96.5 Å². The molecule has 0 aliphatic heterocycles. The molecule has 16 heavy (non-hydrogen) atoms. The van der Waals surface area contributed by atoms with Crippen molar-refractivity contribution in [3.05, 3.63) is 22.9 Å². The lowest BCUT2D eigenvalue weighted by Crippen LogP contribution is -2.06. The summed E-state index contributed by atoms with van der Waals surface area (Å²) in [4.78, 5) is 12.1. The van der Waals surface area contributed by atoms with Crippen molar-refractivity contribution in [3.63, 3.8) is 0 Å². The normalized spacial score (nSPS) is 10.1. The zero-order valence-corrected chi connectivity index (χ0v) is 9.49. The van der Waals surface area contributed by atoms with Gasteiger partial charge < -0.3 is 15.8 Å². The smallest absolute Gasteiger partial charge is 0.242 e. The number of hydrogen-bond donors (Lipinski definition) is 2. The van der Waals surface area contributed by atoms with Crippen molar-refractivity contribution in [2.45, 2.75) is 6.54 Å². The topological polar surface area (TPSA) is 86.0 Å². The molecule has 0 atom stereocenters. The van der Waals surface area contributed by atoms with Gasteiger partial charge in [0, 0.05) is 5.38 Å². The van der Waals surface area contributed by atoms with Crippen LogP contribution in [-0.2, 0) is 6.54 Å². The van der Waals surface area contributed by atoms with E-state index in [2.05, 4.69) is 20.3 Å². The fourth-order valence-corrected chi connectivity index (χ4v) is 1.74. The molecule has 0 bridgehead atoms. The van der Waals surface area contributed by atoms with Crippen LogP contribution in [0.4, 0.5) is 11.5 Å². The second kappa shape index (κ2) is 4.75. The van der Waals surface area contributed by atoms with Crippen LogP contribution >= 0.6 is 11.3 Å². The first-order valence-corrected chi connectivity index (χ1v) is 5.51. The second-order valence-corrected chi connectivity index (χ2v) is 3.70. The first-order chi connectivity index (χ1) is 7.81. The number of methoxy groups -OCH3 is 1. The van der Waals surface area contributed by atoms with E-state index in [0.717, 1.165) is 5.69 Å². The highest BCUT2D eigenvalue weighted by atomic mass is 32.1. The van der Waals surface area contributed by atoms with Crippen LogP contribution in [0.15, 0.2) is 17.2 Å². The summed E-state index contributed by atoms with van der Waals surface area (Å²) in [6.07, 6.45) is 1.40. The molecule has 0 fully saturated rings. The van der Waals surface area contributed by atoms with Gasteiger partial charge in [0.2, 0.25) is 5.88 Å². The van der Waals surface area contributed by atoms with Crippen molar-refractivity contribution in [3.8, 4) is 5.88 Å². The number of anilines is 2. The molecule has 0 spiro atoms. The maximum absolute atomic E-state index is 5.80. The molecule has 84 valence electrons. The lowest BCUT2D eigenvalue weighted by molar-refractivity contribution is 0.399. The number of ether oxygens (including phenoxy) is 1. The van der Waals surface area contributed by atoms with Crippen LogP contribution in [0.1, 0.15) is 5.69 Å². The Morgan fingerprint density at radius 1 is 1.44 bits per heavy atom. The quantitative estimate of drug-likeness (QED) is 0.829. The molecule has 0 radical (unpaired) electrons. The fraction of sp³-hybridized carbons (Fsp3) is 0.222. The average Bonchev–Trinajstić information content (AvgIpc) is 2.81. The van der Waals surface area contributed by atoms with E-state index >= 15 is 0 Å². The molecule has 0 aliphatic carbocycles. The minimum Gasteiger partial charge on any atom is -0.479 e. The van der Waals surface area contributed by atoms with Crippen molar-refractivity contribution in [1.29, 1.82) is 0 Å². The molecule has 0 unspecified atom stereocenters. The Balaban J connectivity index is 2.09. The Hall–Kier alpha value is -1.89. The maximum Gasteiger partial charge on any atom is 0.242 e. The van der Waals surface area contributed by atoms with E-state index in [4.69, 9.17) is 10.5 Å². The van der Waals surface area contributed by atoms with Crippen LogP contribution in [0.2, 0.25) is 0 Å². The molecular weight excluding hydrogens is 226 g/mol. The summed E-state index contributed by atoms with van der Waals surface area (Å²) in [6, 6.07) is 0. The summed E-state index contributed by atoms with van der Waals surface area (Å²) >= 11 is 1.55. The summed E-state index contributed by atoms with van der Waals surface area (Å²) in [5.41, 5.74) is 8.93. The van der Waals surface area contributed by atoms with Crippen molar-refractivity contribution in [2.75, 3.05) is 18.2 Å². The zero-order valence-electron chi connectivity index (χ0n) is 8.67. The molecule has 2 rings (SSSR count). The molecule has 7 heteroatoms. The van der Waals surface area contributed by atoms with Crippen LogP contribution < -0.4 is 15.8 Å². The molecule has 0 aliphatic rings. The zero-order chi connectivity index (χ0) is 11.4. The highest BCUT2D eigenvalue weighted by Gasteiger charge is 2.07. The van der Waals surface area contributed by atoms with Gasteiger partial charge in [-0.05, 0) is 0 Å². The molecule has 0 amide bonds. The minimum atomic E-state index is 0.371. The maximum atomic E-state index is 5.80. The lowest BCUT2D eigenvalue weighted by atomic mass is 10.4. The van der Waals surface area contributed by atoms with Gasteiger partial charge in [-0.2, -0.15) is 4.98 Å². The van der Waals surface area contributed by atoms with Crippen molar-refractivity contribution < 1.29 is 4.74 Å². The molecule has 0 saturated carbocycles. The first kappa shape index (κ1) is 10.6. The predicted octanol–water partition coefficient (Wildman–Crippen LogP) is 1.14. The SMILES string of the molecule is COc1ncnc(NCc2cscn2)c1N. The number of nitrogens with one attached hydrogen (secondary N) is 1. The second-order valence-electron chi connectivity index (χ2n) is 2.98. The van der Waals surface area contributed by atoms with E-state index in [-0.39, 0.29) is 0 Å². The van der Waals surface area contributed by atoms with Crippen molar-refractivity contribution in [1.82, 2.24) is 15.0 Å². The monoisotopic (exact) mass is 237 g/mol. The molecular formula is C9H11N5OS. The third kappa shape index (κ3) is 2.19. The summed E-state index contributed by atoms with van der Waals surface area (Å²) in [6.45, 7) is 0.577. The number of nitrogens with two attached hydrogens (primary N) is 1. The molecule has 0 aromatic carbocycles. The number of rotatable bonds is 4. The molecule has 0 saturated heterocycles. The van der Waals surface area contributed by atoms with Crippen LogP contribution in [0.5, 0.6) is 5.88 Å². The van der Waals surface area contributed by atoms with Crippen LogP contribution in [0.3, 0.4) is 0 Å². The van der Waals surface area contributed by atoms with Gasteiger partial charge >= 0.3 is 0 Å². The van der Waals surface area contributed by atoms with Crippen LogP contribution in [-0.4, -0.2) is 22.1 Å². The van der Waals surface area contributed by atoms with E-state index in [1.807, 2.05) is 5.38 Å². The number of nitrogen functional groups attached to an aromatic ring is 1. The van der Waals surface area contributed by atoms with Crippen molar-refractivity contribution in [2.24, 2.45) is 0 Å². The van der Waals surface area contributed by atoms with E-state index in [1.54, 1.807) is 16.8 Å². The number of aromatic nitrogens is 3. The van der Waals surface area contributed by atoms with E-state index in [0.29, 0.717) is 23.9 Å². The van der Waals surface area contributed by atoms with Gasteiger partial charge in [0.1, 0.15) is 12.0 Å². The summed E-state index contributed by atoms with van der Waals surface area (Å²) in [5, 5.41) is 5.04. The number of nitrogens with zero attached hydrogens (tertiary/aromatic N) is 3. The molecule has 2 aromatic rings. The van der Waals surface area contributed by atoms with E-state index in [9.17, 15) is 0 Å². The highest BCUT2D eigenvalue weighted by Crippen LogP contribution is 2.24. The van der Waals surface area contributed by atoms with Gasteiger partial charge in [-0.25, -0.2) is 9.97 Å². The Kier molecular flexibility index (Phi) is 3.16. The van der Waals surface area contributed by atoms with E-state index < -0.39 is 0 Å². The molecule has 3 N–H and O–H groups in total. The summed E-state index contributed by atoms with van der Waals surface area (Å²) < 4.78 is 4.99. The standard InChI is InChI=1S/C9H11N5OS/c1-15-9-7(10)8(12-4-13-9)11-2-6-3-16-5-14-6/h3-5H,2,10H2,1H3,(H,11,12,13). The number of thiazole rings is 1. The summed E-state index contributed by atoms with van der Waals surface area (Å²) in [7, 11) is 1.52. The minimum absolute atomic E-state index is 0.371. The lowest BCUT2D eigenvalue weighted by Gasteiger charge is -2.08. The number of hydrogen-bond acceptors (Lipinski definition) is 7. The largest absolute Gasteiger partial charge is 0.479 e. The third-order valence-corrected chi connectivity index (χ3v) is 2.60. The van der Waals surface area contributed by atoms with Gasteiger partial charge in [0.05, 0.1) is 24.9 Å². The molecule has 2 aromatic heterocycles. The Morgan fingerprint density at radius 2 is 2.31 bits per heavy atom. The Bertz CT molecular complexity index is 459. The molecule has 6 nitrogen and oxygen atoms in total. The van der Waals surface area contributed by atoms with Crippen molar-refractivity contribution >= 4 is 22.8 Å². The third-order valence-electron chi connectivity index (χ3n) is 1.96. The van der Waals surface area contributed by atoms with E-state index in [1.165, 1.54) is 13.4 Å². The first-order valence-electron chi connectivity index (χ1n) is 4.56. The van der Waals surface area contributed by atoms with Gasteiger partial charge in [-0.3, -0.25) is 0 Å². The van der Waals surface area contributed by atoms with Gasteiger partial charge in [0.15, 0.2) is 5.82 Å². The fourth-order valence-electron chi connectivity index (χ4n) is 1.18. The van der Waals surface area contributed by atoms with Crippen LogP contribution in [0, 0.1) is 0 Å².